The van der Waals surface area contributed by atoms with Gasteiger partial charge in [-0.3, -0.25) is 0 Å². The zero-order valence-electron chi connectivity index (χ0n) is 12.8. The van der Waals surface area contributed by atoms with Crippen LogP contribution in [0.4, 0.5) is 48.3 Å². The maximum Gasteiger partial charge on any atom is 0.581 e. The third kappa shape index (κ3) is 4.03. The van der Waals surface area contributed by atoms with Gasteiger partial charge < -0.3 is 13.3 Å². The van der Waals surface area contributed by atoms with E-state index in [1.165, 1.54) is 0 Å². The van der Waals surface area contributed by atoms with E-state index in [-0.39, 0.29) is 0 Å². The van der Waals surface area contributed by atoms with E-state index in [1.807, 2.05) is 0 Å². The molecule has 0 aliphatic rings. The lowest BCUT2D eigenvalue weighted by molar-refractivity contribution is -0.360. The standard InChI is InChI=1S/C10H13F11O3Si/c1-22-25(23-2,24-3)10(20,21)9(18,19)8(16,17)6(11,12)4-5-7(13,14)15/h4-5H2,1-3H3. The first-order valence-electron chi connectivity index (χ1n) is 6.12. The van der Waals surface area contributed by atoms with Crippen LogP contribution < -0.4 is 0 Å². The molecule has 0 atom stereocenters. The molecular formula is C10H13F11O3Si. The highest BCUT2D eigenvalue weighted by molar-refractivity contribution is 6.63. The minimum absolute atomic E-state index is 0.323. The summed E-state index contributed by atoms with van der Waals surface area (Å²) >= 11 is 0. The van der Waals surface area contributed by atoms with Crippen LogP contribution in [0.5, 0.6) is 0 Å². The zero-order chi connectivity index (χ0) is 20.5. The highest BCUT2D eigenvalue weighted by atomic mass is 28.4. The van der Waals surface area contributed by atoms with Crippen molar-refractivity contribution in [2.24, 2.45) is 0 Å². The van der Waals surface area contributed by atoms with Crippen LogP contribution >= 0.6 is 0 Å². The molecule has 0 aliphatic heterocycles. The van der Waals surface area contributed by atoms with Gasteiger partial charge in [0.1, 0.15) is 0 Å². The predicted molar refractivity (Wildman–Crippen MR) is 61.9 cm³/mol. The van der Waals surface area contributed by atoms with Gasteiger partial charge in [0.05, 0.1) is 0 Å². The van der Waals surface area contributed by atoms with Crippen LogP contribution in [-0.2, 0) is 13.3 Å². The second kappa shape index (κ2) is 7.15. The molecule has 0 amide bonds. The van der Waals surface area contributed by atoms with Crippen molar-refractivity contribution >= 4 is 8.80 Å². The van der Waals surface area contributed by atoms with Crippen LogP contribution in [0.2, 0.25) is 0 Å². The first kappa shape index (κ1) is 24.3. The third-order valence-corrected chi connectivity index (χ3v) is 5.86. The normalized spacial score (nSPS) is 15.6. The molecule has 0 aliphatic carbocycles. The lowest BCUT2D eigenvalue weighted by Crippen LogP contribution is -2.73. The Hall–Kier alpha value is -0.673. The molecule has 0 saturated heterocycles. The molecule has 25 heavy (non-hydrogen) atoms. The lowest BCUT2D eigenvalue weighted by atomic mass is 10.00. The Balaban J connectivity index is 6.01. The molecule has 0 fully saturated rings. The van der Waals surface area contributed by atoms with E-state index in [4.69, 9.17) is 0 Å². The van der Waals surface area contributed by atoms with Gasteiger partial charge in [0, 0.05) is 34.2 Å². The van der Waals surface area contributed by atoms with Crippen LogP contribution in [0.3, 0.4) is 0 Å². The number of rotatable bonds is 9. The average Bonchev–Trinajstić information content (AvgIpc) is 2.46. The Kier molecular flexibility index (Phi) is 6.96. The minimum Gasteiger partial charge on any atom is -0.373 e. The quantitative estimate of drug-likeness (QED) is 0.413. The average molecular weight is 418 g/mol. The molecule has 0 N–H and O–H groups in total. The van der Waals surface area contributed by atoms with Gasteiger partial charge >= 0.3 is 38.3 Å². The molecule has 0 aromatic heterocycles. The van der Waals surface area contributed by atoms with Crippen molar-refractivity contribution in [2.75, 3.05) is 21.3 Å². The van der Waals surface area contributed by atoms with Gasteiger partial charge in [-0.15, -0.1) is 0 Å². The van der Waals surface area contributed by atoms with Crippen LogP contribution in [0.15, 0.2) is 0 Å². The van der Waals surface area contributed by atoms with Crippen molar-refractivity contribution in [3.63, 3.8) is 0 Å². The van der Waals surface area contributed by atoms with Crippen molar-refractivity contribution in [2.45, 2.75) is 42.3 Å². The highest BCUT2D eigenvalue weighted by Crippen LogP contribution is 2.56. The first-order chi connectivity index (χ1) is 10.9. The van der Waals surface area contributed by atoms with Gasteiger partial charge in [-0.2, -0.15) is 48.3 Å². The fraction of sp³-hybridized carbons (Fsp3) is 1.00. The Morgan fingerprint density at radius 3 is 1.24 bits per heavy atom. The monoisotopic (exact) mass is 418 g/mol. The summed E-state index contributed by atoms with van der Waals surface area (Å²) < 4.78 is 156. The van der Waals surface area contributed by atoms with E-state index >= 15 is 0 Å². The molecule has 15 heteroatoms. The lowest BCUT2D eigenvalue weighted by Gasteiger charge is -2.41. The largest absolute Gasteiger partial charge is 0.581 e. The highest BCUT2D eigenvalue weighted by Gasteiger charge is 2.88. The molecule has 0 saturated carbocycles. The second-order valence-electron chi connectivity index (χ2n) is 4.71. The molecule has 152 valence electrons. The van der Waals surface area contributed by atoms with E-state index < -0.39 is 51.1 Å². The molecule has 0 spiro atoms. The van der Waals surface area contributed by atoms with Crippen molar-refractivity contribution in [3.8, 4) is 0 Å². The van der Waals surface area contributed by atoms with Gasteiger partial charge in [-0.05, 0) is 0 Å². The van der Waals surface area contributed by atoms with Gasteiger partial charge in [0.2, 0.25) is 0 Å². The van der Waals surface area contributed by atoms with E-state index in [0.29, 0.717) is 21.3 Å². The summed E-state index contributed by atoms with van der Waals surface area (Å²) in [5, 5.41) is 0. The van der Waals surface area contributed by atoms with E-state index in [1.54, 1.807) is 0 Å². The van der Waals surface area contributed by atoms with Crippen molar-refractivity contribution in [3.05, 3.63) is 0 Å². The molecule has 0 aromatic carbocycles. The van der Waals surface area contributed by atoms with Gasteiger partial charge in [0.25, 0.3) is 0 Å². The summed E-state index contributed by atoms with van der Waals surface area (Å²) in [7, 11) is -4.98. The molecule has 0 unspecified atom stereocenters. The third-order valence-electron chi connectivity index (χ3n) is 3.16. The van der Waals surface area contributed by atoms with Gasteiger partial charge in [0.15, 0.2) is 0 Å². The minimum atomic E-state index is -6.87. The number of hydrogen-bond donors (Lipinski definition) is 0. The molecule has 0 bridgehead atoms. The summed E-state index contributed by atoms with van der Waals surface area (Å²) in [6.07, 6.45) is -10.8. The number of halogens is 11. The summed E-state index contributed by atoms with van der Waals surface area (Å²) in [5.41, 5.74) is -6.09. The molecule has 3 nitrogen and oxygen atoms in total. The Bertz CT molecular complexity index is 440. The summed E-state index contributed by atoms with van der Waals surface area (Å²) in [4.78, 5) is 0. The fourth-order valence-electron chi connectivity index (χ4n) is 1.71. The smallest absolute Gasteiger partial charge is 0.373 e. The molecular weight excluding hydrogens is 405 g/mol. The van der Waals surface area contributed by atoms with Crippen LogP contribution in [0.25, 0.3) is 0 Å². The SMILES string of the molecule is CO[Si](OC)(OC)C(F)(F)C(F)(F)C(F)(F)C(F)(F)CCC(F)(F)F. The zero-order valence-corrected chi connectivity index (χ0v) is 13.8. The van der Waals surface area contributed by atoms with Gasteiger partial charge in [-0.25, -0.2) is 0 Å². The van der Waals surface area contributed by atoms with E-state index in [0.717, 1.165) is 0 Å². The molecule has 0 radical (unpaired) electrons. The number of hydrogen-bond acceptors (Lipinski definition) is 3. The van der Waals surface area contributed by atoms with Crippen LogP contribution in [-0.4, -0.2) is 59.6 Å². The Morgan fingerprint density at radius 2 is 0.960 bits per heavy atom. The van der Waals surface area contributed by atoms with Crippen molar-refractivity contribution < 1.29 is 61.6 Å². The summed E-state index contributed by atoms with van der Waals surface area (Å²) in [6.45, 7) is 0. The Labute approximate surface area is 135 Å². The predicted octanol–water partition coefficient (Wildman–Crippen LogP) is 4.29. The maximum atomic E-state index is 13.9. The van der Waals surface area contributed by atoms with Crippen LogP contribution in [0.1, 0.15) is 12.8 Å². The van der Waals surface area contributed by atoms with E-state index in [2.05, 4.69) is 13.3 Å². The summed E-state index contributed by atoms with van der Waals surface area (Å²) in [6, 6.07) is 0. The number of alkyl halides is 11. The summed E-state index contributed by atoms with van der Waals surface area (Å²) in [5.74, 6) is -19.9. The van der Waals surface area contributed by atoms with Crippen molar-refractivity contribution in [1.29, 1.82) is 0 Å². The maximum absolute atomic E-state index is 13.9. The van der Waals surface area contributed by atoms with Gasteiger partial charge in [-0.1, -0.05) is 0 Å². The second-order valence-corrected chi connectivity index (χ2v) is 7.68. The molecule has 0 heterocycles. The molecule has 0 rings (SSSR count). The van der Waals surface area contributed by atoms with Crippen LogP contribution in [0, 0.1) is 0 Å². The topological polar surface area (TPSA) is 27.7 Å². The fourth-order valence-corrected chi connectivity index (χ4v) is 3.52. The van der Waals surface area contributed by atoms with Crippen molar-refractivity contribution in [1.82, 2.24) is 0 Å². The molecule has 0 aromatic rings. The first-order valence-corrected chi connectivity index (χ1v) is 7.85. The Morgan fingerprint density at radius 1 is 0.600 bits per heavy atom. The van der Waals surface area contributed by atoms with E-state index in [9.17, 15) is 48.3 Å².